The summed E-state index contributed by atoms with van der Waals surface area (Å²) in [5.41, 5.74) is 0.646. The number of fused-ring (bicyclic) bond motifs is 3. The zero-order chi connectivity index (χ0) is 12.7. The van der Waals surface area contributed by atoms with E-state index in [9.17, 15) is 9.65 Å². The van der Waals surface area contributed by atoms with Gasteiger partial charge in [0.15, 0.2) is 0 Å². The smallest absolute Gasteiger partial charge is 0.123 e. The van der Waals surface area contributed by atoms with Crippen molar-refractivity contribution < 1.29 is 4.39 Å². The number of benzene rings is 2. The van der Waals surface area contributed by atoms with Crippen LogP contribution in [0, 0.1) is 17.1 Å². The van der Waals surface area contributed by atoms with Gasteiger partial charge in [0.05, 0.1) is 5.56 Å². The molecule has 0 aliphatic carbocycles. The third-order valence-electron chi connectivity index (χ3n) is 2.96. The molecule has 88 valence electrons. The molecule has 0 fully saturated rings. The van der Waals surface area contributed by atoms with Gasteiger partial charge in [-0.05, 0) is 35.2 Å². The maximum atomic E-state index is 13.4. The molecule has 0 aliphatic heterocycles. The lowest BCUT2D eigenvalue weighted by Crippen LogP contribution is -1.87. The number of nitriles is 1. The first-order valence-electron chi connectivity index (χ1n) is 5.32. The Balaban J connectivity index is 2.64. The number of hydrogen-bond donors (Lipinski definition) is 0. The molecule has 0 N–H and O–H groups in total. The van der Waals surface area contributed by atoms with Gasteiger partial charge in [0.2, 0.25) is 0 Å². The fraction of sp³-hybridized carbons (Fsp3) is 0.0714. The molecule has 0 saturated carbocycles. The predicted molar refractivity (Wildman–Crippen MR) is 75.8 cm³/mol. The number of thiophene rings is 1. The first kappa shape index (κ1) is 11.5. The van der Waals surface area contributed by atoms with Crippen molar-refractivity contribution in [2.75, 3.05) is 6.26 Å². The minimum Gasteiger partial charge on any atom is -0.207 e. The third-order valence-corrected chi connectivity index (χ3v) is 4.83. The normalized spacial score (nSPS) is 10.9. The Morgan fingerprint density at radius 3 is 2.78 bits per heavy atom. The molecule has 0 atom stereocenters. The molecule has 1 aromatic heterocycles. The SMILES string of the molecule is CSc1c(C#N)c2ccc(F)cc2c2ccsc12. The van der Waals surface area contributed by atoms with Gasteiger partial charge in [-0.2, -0.15) is 5.26 Å². The maximum Gasteiger partial charge on any atom is 0.123 e. The molecule has 0 unspecified atom stereocenters. The molecule has 4 heteroatoms. The van der Waals surface area contributed by atoms with Gasteiger partial charge < -0.3 is 0 Å². The van der Waals surface area contributed by atoms with Crippen molar-refractivity contribution in [2.45, 2.75) is 4.90 Å². The molecular weight excluding hydrogens is 265 g/mol. The summed E-state index contributed by atoms with van der Waals surface area (Å²) in [4.78, 5) is 0.988. The molecule has 2 aromatic carbocycles. The molecule has 1 heterocycles. The van der Waals surface area contributed by atoms with Crippen LogP contribution in [-0.2, 0) is 0 Å². The van der Waals surface area contributed by atoms with E-state index in [2.05, 4.69) is 6.07 Å². The van der Waals surface area contributed by atoms with E-state index in [0.29, 0.717) is 5.56 Å². The van der Waals surface area contributed by atoms with Crippen molar-refractivity contribution in [3.05, 3.63) is 41.0 Å². The summed E-state index contributed by atoms with van der Waals surface area (Å²) >= 11 is 3.16. The lowest BCUT2D eigenvalue weighted by Gasteiger charge is -2.08. The summed E-state index contributed by atoms with van der Waals surface area (Å²) in [6.45, 7) is 0. The molecule has 18 heavy (non-hydrogen) atoms. The second kappa shape index (κ2) is 4.27. The highest BCUT2D eigenvalue weighted by Crippen LogP contribution is 2.40. The molecule has 3 aromatic rings. The Bertz CT molecular complexity index is 799. The molecular formula is C14H8FNS2. The van der Waals surface area contributed by atoms with Gasteiger partial charge in [0.1, 0.15) is 11.9 Å². The highest BCUT2D eigenvalue weighted by molar-refractivity contribution is 7.99. The average molecular weight is 273 g/mol. The summed E-state index contributed by atoms with van der Waals surface area (Å²) < 4.78 is 14.5. The lowest BCUT2D eigenvalue weighted by atomic mass is 10.0. The van der Waals surface area contributed by atoms with E-state index in [-0.39, 0.29) is 5.82 Å². The maximum absolute atomic E-state index is 13.4. The predicted octanol–water partition coefficient (Wildman–Crippen LogP) is 4.79. The first-order chi connectivity index (χ1) is 8.76. The molecule has 0 bridgehead atoms. The van der Waals surface area contributed by atoms with Crippen LogP contribution in [0.25, 0.3) is 20.9 Å². The molecule has 0 saturated heterocycles. The second-order valence-corrected chi connectivity index (χ2v) is 5.61. The van der Waals surface area contributed by atoms with Crippen molar-refractivity contribution in [3.8, 4) is 6.07 Å². The summed E-state index contributed by atoms with van der Waals surface area (Å²) in [6, 6.07) is 8.85. The molecule has 1 nitrogen and oxygen atoms in total. The quantitative estimate of drug-likeness (QED) is 0.595. The highest BCUT2D eigenvalue weighted by Gasteiger charge is 2.14. The van der Waals surface area contributed by atoms with Crippen LogP contribution in [0.3, 0.4) is 0 Å². The zero-order valence-electron chi connectivity index (χ0n) is 9.53. The van der Waals surface area contributed by atoms with Crippen LogP contribution < -0.4 is 0 Å². The minimum absolute atomic E-state index is 0.268. The van der Waals surface area contributed by atoms with E-state index < -0.39 is 0 Å². The Morgan fingerprint density at radius 1 is 1.22 bits per heavy atom. The third kappa shape index (κ3) is 1.52. The van der Waals surface area contributed by atoms with Crippen molar-refractivity contribution in [1.82, 2.24) is 0 Å². The van der Waals surface area contributed by atoms with Gasteiger partial charge in [0.25, 0.3) is 0 Å². The van der Waals surface area contributed by atoms with Crippen molar-refractivity contribution in [1.29, 1.82) is 5.26 Å². The van der Waals surface area contributed by atoms with E-state index in [1.54, 1.807) is 29.2 Å². The molecule has 0 amide bonds. The Morgan fingerprint density at radius 2 is 2.06 bits per heavy atom. The van der Waals surface area contributed by atoms with E-state index in [1.807, 2.05) is 17.7 Å². The summed E-state index contributed by atoms with van der Waals surface area (Å²) in [5, 5.41) is 14.0. The number of nitrogens with zero attached hydrogens (tertiary/aromatic N) is 1. The molecule has 0 aliphatic rings. The lowest BCUT2D eigenvalue weighted by molar-refractivity contribution is 0.630. The van der Waals surface area contributed by atoms with Crippen LogP contribution in [0.5, 0.6) is 0 Å². The van der Waals surface area contributed by atoms with Crippen LogP contribution in [0.4, 0.5) is 4.39 Å². The summed E-state index contributed by atoms with van der Waals surface area (Å²) in [7, 11) is 0. The van der Waals surface area contributed by atoms with Crippen LogP contribution in [0.2, 0.25) is 0 Å². The standard InChI is InChI=1S/C14H8FNS2/c1-17-13-12(7-16)9-3-2-8(15)6-11(9)10-4-5-18-14(10)13/h2-6H,1H3. The Kier molecular flexibility index (Phi) is 2.73. The number of halogens is 1. The van der Waals surface area contributed by atoms with Crippen LogP contribution >= 0.6 is 23.1 Å². The Hall–Kier alpha value is -1.57. The average Bonchev–Trinajstić information content (AvgIpc) is 2.86. The van der Waals surface area contributed by atoms with Crippen LogP contribution in [0.15, 0.2) is 34.5 Å². The van der Waals surface area contributed by atoms with Crippen molar-refractivity contribution >= 4 is 44.0 Å². The second-order valence-electron chi connectivity index (χ2n) is 3.87. The highest BCUT2D eigenvalue weighted by atomic mass is 32.2. The van der Waals surface area contributed by atoms with Crippen LogP contribution in [-0.4, -0.2) is 6.26 Å². The fourth-order valence-corrected chi connectivity index (χ4v) is 4.10. The van der Waals surface area contributed by atoms with E-state index >= 15 is 0 Å². The fourth-order valence-electron chi connectivity index (χ4n) is 2.20. The number of thioether (sulfide) groups is 1. The molecule has 0 spiro atoms. The molecule has 3 rings (SSSR count). The van der Waals surface area contributed by atoms with E-state index in [1.165, 1.54) is 12.1 Å². The van der Waals surface area contributed by atoms with Crippen molar-refractivity contribution in [3.63, 3.8) is 0 Å². The topological polar surface area (TPSA) is 23.8 Å². The van der Waals surface area contributed by atoms with Gasteiger partial charge in [-0.3, -0.25) is 0 Å². The first-order valence-corrected chi connectivity index (χ1v) is 7.43. The van der Waals surface area contributed by atoms with Gasteiger partial charge in [-0.15, -0.1) is 23.1 Å². The van der Waals surface area contributed by atoms with Crippen LogP contribution in [0.1, 0.15) is 5.56 Å². The molecule has 0 radical (unpaired) electrons. The van der Waals surface area contributed by atoms with E-state index in [0.717, 1.165) is 25.8 Å². The minimum atomic E-state index is -0.268. The number of hydrogen-bond acceptors (Lipinski definition) is 3. The van der Waals surface area contributed by atoms with Crippen molar-refractivity contribution in [2.24, 2.45) is 0 Å². The zero-order valence-corrected chi connectivity index (χ0v) is 11.2. The summed E-state index contributed by atoms with van der Waals surface area (Å²) in [6.07, 6.45) is 1.96. The monoisotopic (exact) mass is 273 g/mol. The van der Waals surface area contributed by atoms with Gasteiger partial charge in [-0.1, -0.05) is 6.07 Å². The Labute approximate surface area is 112 Å². The van der Waals surface area contributed by atoms with Gasteiger partial charge in [0, 0.05) is 20.4 Å². The summed E-state index contributed by atoms with van der Waals surface area (Å²) in [5.74, 6) is -0.268. The van der Waals surface area contributed by atoms with Gasteiger partial charge in [-0.25, -0.2) is 4.39 Å². The largest absolute Gasteiger partial charge is 0.207 e. The van der Waals surface area contributed by atoms with Gasteiger partial charge >= 0.3 is 0 Å². The van der Waals surface area contributed by atoms with E-state index in [4.69, 9.17) is 0 Å². The number of rotatable bonds is 1.